The molecule has 5 nitrogen and oxygen atoms in total. The molecule has 0 amide bonds. The van der Waals surface area contributed by atoms with Gasteiger partial charge in [-0.15, -0.1) is 0 Å². The summed E-state index contributed by atoms with van der Waals surface area (Å²) in [4.78, 5) is 0. The zero-order chi connectivity index (χ0) is 9.30. The minimum absolute atomic E-state index is 0.107. The summed E-state index contributed by atoms with van der Waals surface area (Å²) in [5.74, 6) is -0.557. The first-order valence-electron chi connectivity index (χ1n) is 3.91. The highest BCUT2D eigenvalue weighted by atomic mass is 16.4. The lowest BCUT2D eigenvalue weighted by Crippen LogP contribution is -2.54. The van der Waals surface area contributed by atoms with Gasteiger partial charge in [-0.2, -0.15) is 0 Å². The molecular formula is C7H14O5. The van der Waals surface area contributed by atoms with E-state index in [4.69, 9.17) is 20.4 Å². The maximum absolute atomic E-state index is 9.24. The van der Waals surface area contributed by atoms with Gasteiger partial charge in [0.05, 0.1) is 12.2 Å². The Hall–Kier alpha value is -0.200. The van der Waals surface area contributed by atoms with Gasteiger partial charge in [-0.25, -0.2) is 0 Å². The van der Waals surface area contributed by atoms with Crippen molar-refractivity contribution < 1.29 is 25.5 Å². The molecule has 0 aromatic rings. The third kappa shape index (κ3) is 1.60. The third-order valence-corrected chi connectivity index (χ3v) is 2.36. The average Bonchev–Trinajstić information content (AvgIpc) is 2.08. The van der Waals surface area contributed by atoms with E-state index in [1.807, 2.05) is 0 Å². The fraction of sp³-hybridized carbons (Fsp3) is 1.00. The second kappa shape index (κ2) is 3.68. The monoisotopic (exact) mass is 178 g/mol. The minimum Gasteiger partial charge on any atom is -0.396 e. The molecule has 5 heteroatoms. The van der Waals surface area contributed by atoms with E-state index in [1.54, 1.807) is 0 Å². The molecule has 0 bridgehead atoms. The minimum atomic E-state index is -1.37. The molecule has 0 spiro atoms. The van der Waals surface area contributed by atoms with Crippen molar-refractivity contribution in [1.82, 2.24) is 0 Å². The highest BCUT2D eigenvalue weighted by molar-refractivity contribution is 4.91. The maximum Gasteiger partial charge on any atom is 0.109 e. The van der Waals surface area contributed by atoms with E-state index in [1.165, 1.54) is 0 Å². The van der Waals surface area contributed by atoms with Gasteiger partial charge in [-0.05, 0) is 6.42 Å². The van der Waals surface area contributed by atoms with E-state index in [0.717, 1.165) is 0 Å². The van der Waals surface area contributed by atoms with Crippen LogP contribution in [-0.4, -0.2) is 56.6 Å². The molecule has 0 aliphatic heterocycles. The molecule has 1 saturated carbocycles. The Balaban J connectivity index is 2.63. The van der Waals surface area contributed by atoms with Crippen molar-refractivity contribution in [3.8, 4) is 0 Å². The Morgan fingerprint density at radius 1 is 0.917 bits per heavy atom. The maximum atomic E-state index is 9.24. The van der Waals surface area contributed by atoms with Crippen molar-refractivity contribution in [2.45, 2.75) is 30.8 Å². The molecule has 0 heterocycles. The molecule has 5 N–H and O–H groups in total. The Morgan fingerprint density at radius 2 is 1.50 bits per heavy atom. The molecule has 1 aliphatic carbocycles. The summed E-state index contributed by atoms with van der Waals surface area (Å²) < 4.78 is 0. The molecule has 1 aliphatic rings. The fourth-order valence-electron chi connectivity index (χ4n) is 1.48. The Morgan fingerprint density at radius 3 is 2.00 bits per heavy atom. The molecule has 72 valence electrons. The lowest BCUT2D eigenvalue weighted by molar-refractivity contribution is -0.163. The van der Waals surface area contributed by atoms with Crippen LogP contribution in [0, 0.1) is 5.92 Å². The van der Waals surface area contributed by atoms with E-state index in [-0.39, 0.29) is 13.0 Å². The van der Waals surface area contributed by atoms with Crippen LogP contribution < -0.4 is 0 Å². The van der Waals surface area contributed by atoms with Gasteiger partial charge in [0.15, 0.2) is 0 Å². The SMILES string of the molecule is OC[C@H]1C[C@H](O)[C@@H](O)[C@H](O)[C@@H]1O. The van der Waals surface area contributed by atoms with Crippen molar-refractivity contribution in [2.75, 3.05) is 6.61 Å². The number of aliphatic hydroxyl groups excluding tert-OH is 5. The summed E-state index contributed by atoms with van der Waals surface area (Å²) in [5, 5.41) is 45.3. The molecule has 0 saturated heterocycles. The van der Waals surface area contributed by atoms with Crippen LogP contribution in [0.25, 0.3) is 0 Å². The Kier molecular flexibility index (Phi) is 3.03. The topological polar surface area (TPSA) is 101 Å². The van der Waals surface area contributed by atoms with Gasteiger partial charge in [0.1, 0.15) is 12.2 Å². The first kappa shape index (κ1) is 9.88. The molecule has 0 radical (unpaired) electrons. The van der Waals surface area contributed by atoms with Gasteiger partial charge in [0, 0.05) is 12.5 Å². The summed E-state index contributed by atoms with van der Waals surface area (Å²) >= 11 is 0. The fourth-order valence-corrected chi connectivity index (χ4v) is 1.48. The van der Waals surface area contributed by atoms with Crippen molar-refractivity contribution >= 4 is 0 Å². The Bertz CT molecular complexity index is 146. The quantitative estimate of drug-likeness (QED) is 0.304. The van der Waals surface area contributed by atoms with Crippen molar-refractivity contribution in [3.63, 3.8) is 0 Å². The standard InChI is InChI=1S/C7H14O5/c8-2-3-1-4(9)6(11)7(12)5(3)10/h3-12H,1-2H2/t3-,4+,5-,6-,7-/m1/s1. The first-order chi connectivity index (χ1) is 5.57. The number of hydrogen-bond donors (Lipinski definition) is 5. The number of hydrogen-bond acceptors (Lipinski definition) is 5. The van der Waals surface area contributed by atoms with Crippen LogP contribution in [0.15, 0.2) is 0 Å². The number of aliphatic hydroxyl groups is 5. The van der Waals surface area contributed by atoms with Gasteiger partial charge in [0.2, 0.25) is 0 Å². The molecule has 0 aromatic heterocycles. The molecule has 1 rings (SSSR count). The molecule has 0 aromatic carbocycles. The van der Waals surface area contributed by atoms with Gasteiger partial charge >= 0.3 is 0 Å². The predicted octanol–water partition coefficient (Wildman–Crippen LogP) is -2.56. The van der Waals surface area contributed by atoms with Crippen LogP contribution in [0.3, 0.4) is 0 Å². The third-order valence-electron chi connectivity index (χ3n) is 2.36. The van der Waals surface area contributed by atoms with Crippen molar-refractivity contribution in [2.24, 2.45) is 5.92 Å². The van der Waals surface area contributed by atoms with E-state index >= 15 is 0 Å². The first-order valence-corrected chi connectivity index (χ1v) is 3.91. The van der Waals surface area contributed by atoms with Crippen LogP contribution in [0.1, 0.15) is 6.42 Å². The molecular weight excluding hydrogens is 164 g/mol. The summed E-state index contributed by atoms with van der Waals surface area (Å²) in [7, 11) is 0. The highest BCUT2D eigenvalue weighted by Gasteiger charge is 2.41. The van der Waals surface area contributed by atoms with Crippen LogP contribution in [-0.2, 0) is 0 Å². The summed E-state index contributed by atoms with van der Waals surface area (Å²) in [6, 6.07) is 0. The van der Waals surface area contributed by atoms with E-state index in [0.29, 0.717) is 0 Å². The van der Waals surface area contributed by atoms with Crippen LogP contribution in [0.2, 0.25) is 0 Å². The van der Waals surface area contributed by atoms with Crippen LogP contribution >= 0.6 is 0 Å². The summed E-state index contributed by atoms with van der Waals surface area (Å²) in [6.07, 6.45) is -4.81. The van der Waals surface area contributed by atoms with Gasteiger partial charge in [0.25, 0.3) is 0 Å². The van der Waals surface area contributed by atoms with E-state index in [2.05, 4.69) is 0 Å². The lowest BCUT2D eigenvalue weighted by Gasteiger charge is -2.37. The highest BCUT2D eigenvalue weighted by Crippen LogP contribution is 2.25. The largest absolute Gasteiger partial charge is 0.396 e. The summed E-state index contributed by atoms with van der Waals surface area (Å²) in [6.45, 7) is -0.304. The lowest BCUT2D eigenvalue weighted by atomic mass is 9.81. The average molecular weight is 178 g/mol. The van der Waals surface area contributed by atoms with Gasteiger partial charge in [-0.3, -0.25) is 0 Å². The smallest absolute Gasteiger partial charge is 0.109 e. The van der Waals surface area contributed by atoms with Crippen LogP contribution in [0.5, 0.6) is 0 Å². The predicted molar refractivity (Wildman–Crippen MR) is 39.2 cm³/mol. The summed E-state index contributed by atoms with van der Waals surface area (Å²) in [5.41, 5.74) is 0. The second-order valence-corrected chi connectivity index (χ2v) is 3.22. The second-order valence-electron chi connectivity index (χ2n) is 3.22. The van der Waals surface area contributed by atoms with Crippen molar-refractivity contribution in [3.05, 3.63) is 0 Å². The van der Waals surface area contributed by atoms with Crippen LogP contribution in [0.4, 0.5) is 0 Å². The van der Waals surface area contributed by atoms with Gasteiger partial charge < -0.3 is 25.5 Å². The normalized spacial score (nSPS) is 49.2. The van der Waals surface area contributed by atoms with E-state index < -0.39 is 30.3 Å². The zero-order valence-corrected chi connectivity index (χ0v) is 6.54. The molecule has 5 atom stereocenters. The van der Waals surface area contributed by atoms with Crippen molar-refractivity contribution in [1.29, 1.82) is 0 Å². The molecule has 12 heavy (non-hydrogen) atoms. The Labute approximate surface area is 69.9 Å². The molecule has 0 unspecified atom stereocenters. The van der Waals surface area contributed by atoms with E-state index in [9.17, 15) is 5.11 Å². The van der Waals surface area contributed by atoms with Gasteiger partial charge in [-0.1, -0.05) is 0 Å². The number of rotatable bonds is 1. The zero-order valence-electron chi connectivity index (χ0n) is 6.54. The molecule has 1 fully saturated rings.